The molecule has 1 unspecified atom stereocenters. The first-order valence-corrected chi connectivity index (χ1v) is 12.3. The first-order valence-electron chi connectivity index (χ1n) is 12.3. The molecule has 0 amide bonds. The van der Waals surface area contributed by atoms with Crippen molar-refractivity contribution in [3.8, 4) is 5.75 Å². The maximum absolute atomic E-state index is 9.63. The summed E-state index contributed by atoms with van der Waals surface area (Å²) in [5.74, 6) is 1.74. The molecule has 1 aliphatic heterocycles. The summed E-state index contributed by atoms with van der Waals surface area (Å²) in [4.78, 5) is 7.47. The molecule has 1 saturated carbocycles. The van der Waals surface area contributed by atoms with E-state index < -0.39 is 0 Å². The number of methoxy groups -OCH3 is 1. The van der Waals surface area contributed by atoms with E-state index in [4.69, 9.17) is 14.5 Å². The number of guanidine groups is 1. The molecule has 2 aliphatic rings. The third kappa shape index (κ3) is 7.09. The SMILES string of the molecule is CCNC(=NCC1(CCO)CCCCC1)NCC(c1ccc(OC)cc1)N1CCOCC1. The lowest BCUT2D eigenvalue weighted by atomic mass is 9.72. The second kappa shape index (κ2) is 13.0. The van der Waals surface area contributed by atoms with Gasteiger partial charge in [-0.3, -0.25) is 9.89 Å². The van der Waals surface area contributed by atoms with Gasteiger partial charge in [-0.05, 0) is 49.3 Å². The van der Waals surface area contributed by atoms with E-state index in [9.17, 15) is 5.11 Å². The quantitative estimate of drug-likeness (QED) is 0.379. The standard InChI is InChI=1S/C25H42N4O3/c1-3-26-24(28-20-25(13-16-30)11-5-4-6-12-25)27-19-23(29-14-17-32-18-15-29)21-7-9-22(31-2)10-8-21/h7-10,23,30H,3-6,11-20H2,1-2H3,(H2,26,27,28). The molecule has 0 spiro atoms. The number of aliphatic hydroxyl groups excluding tert-OH is 1. The van der Waals surface area contributed by atoms with Gasteiger partial charge in [-0.1, -0.05) is 31.4 Å². The van der Waals surface area contributed by atoms with E-state index in [0.717, 1.165) is 64.1 Å². The maximum Gasteiger partial charge on any atom is 0.191 e. The van der Waals surface area contributed by atoms with Crippen molar-refractivity contribution in [2.75, 3.05) is 59.7 Å². The smallest absolute Gasteiger partial charge is 0.191 e. The highest BCUT2D eigenvalue weighted by Crippen LogP contribution is 2.39. The molecule has 1 atom stereocenters. The van der Waals surface area contributed by atoms with Crippen LogP contribution in [0.15, 0.2) is 29.3 Å². The summed E-state index contributed by atoms with van der Waals surface area (Å²) in [6.45, 7) is 8.09. The third-order valence-electron chi connectivity index (χ3n) is 6.92. The zero-order valence-corrected chi connectivity index (χ0v) is 19.9. The Labute approximate surface area is 193 Å². The topological polar surface area (TPSA) is 78.4 Å². The van der Waals surface area contributed by atoms with Gasteiger partial charge in [0.05, 0.1) is 26.4 Å². The van der Waals surface area contributed by atoms with Crippen LogP contribution in [0.25, 0.3) is 0 Å². The van der Waals surface area contributed by atoms with E-state index >= 15 is 0 Å². The van der Waals surface area contributed by atoms with Crippen molar-refractivity contribution in [3.63, 3.8) is 0 Å². The number of nitrogens with zero attached hydrogens (tertiary/aromatic N) is 2. The second-order valence-electron chi connectivity index (χ2n) is 9.05. The van der Waals surface area contributed by atoms with Crippen molar-refractivity contribution in [1.82, 2.24) is 15.5 Å². The molecular weight excluding hydrogens is 404 g/mol. The number of morpholine rings is 1. The molecule has 0 bridgehead atoms. The van der Waals surface area contributed by atoms with E-state index in [1.807, 2.05) is 12.1 Å². The molecule has 32 heavy (non-hydrogen) atoms. The monoisotopic (exact) mass is 446 g/mol. The second-order valence-corrected chi connectivity index (χ2v) is 9.05. The van der Waals surface area contributed by atoms with E-state index in [2.05, 4.69) is 34.6 Å². The van der Waals surface area contributed by atoms with Crippen LogP contribution in [-0.4, -0.2) is 75.6 Å². The summed E-state index contributed by atoms with van der Waals surface area (Å²) in [6, 6.07) is 8.61. The summed E-state index contributed by atoms with van der Waals surface area (Å²) in [5, 5.41) is 16.7. The Balaban J connectivity index is 1.70. The summed E-state index contributed by atoms with van der Waals surface area (Å²) in [7, 11) is 1.70. The lowest BCUT2D eigenvalue weighted by Crippen LogP contribution is -2.46. The van der Waals surface area contributed by atoms with Gasteiger partial charge in [0, 0.05) is 39.3 Å². The fourth-order valence-corrected chi connectivity index (χ4v) is 4.98. The Morgan fingerprint density at radius 1 is 1.16 bits per heavy atom. The molecule has 3 N–H and O–H groups in total. The van der Waals surface area contributed by atoms with Crippen LogP contribution in [0.4, 0.5) is 0 Å². The number of benzene rings is 1. The zero-order valence-electron chi connectivity index (χ0n) is 19.9. The first kappa shape index (κ1) is 24.8. The minimum absolute atomic E-state index is 0.148. The fourth-order valence-electron chi connectivity index (χ4n) is 4.98. The molecule has 1 aromatic rings. The lowest BCUT2D eigenvalue weighted by Gasteiger charge is -2.36. The van der Waals surface area contributed by atoms with Crippen LogP contribution in [0.3, 0.4) is 0 Å². The van der Waals surface area contributed by atoms with Gasteiger partial charge >= 0.3 is 0 Å². The highest BCUT2D eigenvalue weighted by Gasteiger charge is 2.31. The minimum atomic E-state index is 0.148. The Bertz CT molecular complexity index is 677. The number of rotatable bonds is 10. The van der Waals surface area contributed by atoms with Gasteiger partial charge in [0.1, 0.15) is 5.75 Å². The minimum Gasteiger partial charge on any atom is -0.497 e. The van der Waals surface area contributed by atoms with Crippen LogP contribution >= 0.6 is 0 Å². The molecular formula is C25H42N4O3. The van der Waals surface area contributed by atoms with Gasteiger partial charge in [-0.15, -0.1) is 0 Å². The maximum atomic E-state index is 9.63. The summed E-state index contributed by atoms with van der Waals surface area (Å²) < 4.78 is 10.9. The Morgan fingerprint density at radius 2 is 1.88 bits per heavy atom. The molecule has 7 heteroatoms. The zero-order chi connectivity index (χ0) is 22.7. The largest absolute Gasteiger partial charge is 0.497 e. The van der Waals surface area contributed by atoms with Gasteiger partial charge < -0.3 is 25.2 Å². The van der Waals surface area contributed by atoms with Crippen LogP contribution in [0, 0.1) is 5.41 Å². The van der Waals surface area contributed by atoms with E-state index in [1.165, 1.54) is 37.7 Å². The highest BCUT2D eigenvalue weighted by atomic mass is 16.5. The predicted molar refractivity (Wildman–Crippen MR) is 129 cm³/mol. The third-order valence-corrected chi connectivity index (χ3v) is 6.92. The molecule has 0 radical (unpaired) electrons. The van der Waals surface area contributed by atoms with Crippen LogP contribution in [-0.2, 0) is 4.74 Å². The molecule has 1 heterocycles. The normalized spacial score (nSPS) is 20.5. The van der Waals surface area contributed by atoms with Crippen molar-refractivity contribution in [1.29, 1.82) is 0 Å². The molecule has 2 fully saturated rings. The Kier molecular flexibility index (Phi) is 10.1. The van der Waals surface area contributed by atoms with Gasteiger partial charge in [0.25, 0.3) is 0 Å². The van der Waals surface area contributed by atoms with Crippen molar-refractivity contribution in [2.24, 2.45) is 10.4 Å². The summed E-state index contributed by atoms with van der Waals surface area (Å²) in [6.07, 6.45) is 6.97. The number of nitrogens with one attached hydrogen (secondary N) is 2. The van der Waals surface area contributed by atoms with Crippen LogP contribution < -0.4 is 15.4 Å². The first-order chi connectivity index (χ1) is 15.7. The summed E-state index contributed by atoms with van der Waals surface area (Å²) >= 11 is 0. The van der Waals surface area contributed by atoms with Crippen molar-refractivity contribution in [3.05, 3.63) is 29.8 Å². The van der Waals surface area contributed by atoms with E-state index in [-0.39, 0.29) is 18.1 Å². The van der Waals surface area contributed by atoms with Crippen LogP contribution in [0.2, 0.25) is 0 Å². The highest BCUT2D eigenvalue weighted by molar-refractivity contribution is 5.79. The molecule has 3 rings (SSSR count). The van der Waals surface area contributed by atoms with Gasteiger partial charge in [-0.2, -0.15) is 0 Å². The van der Waals surface area contributed by atoms with Gasteiger partial charge in [0.15, 0.2) is 5.96 Å². The molecule has 1 aromatic carbocycles. The van der Waals surface area contributed by atoms with Gasteiger partial charge in [-0.25, -0.2) is 0 Å². The predicted octanol–water partition coefficient (Wildman–Crippen LogP) is 2.96. The fraction of sp³-hybridized carbons (Fsp3) is 0.720. The van der Waals surface area contributed by atoms with Crippen LogP contribution in [0.1, 0.15) is 57.1 Å². The molecule has 1 aliphatic carbocycles. The van der Waals surface area contributed by atoms with E-state index in [1.54, 1.807) is 7.11 Å². The number of aliphatic imine (C=N–C) groups is 1. The molecule has 1 saturated heterocycles. The Morgan fingerprint density at radius 3 is 2.50 bits per heavy atom. The van der Waals surface area contributed by atoms with Crippen molar-refractivity contribution in [2.45, 2.75) is 51.5 Å². The van der Waals surface area contributed by atoms with Crippen LogP contribution in [0.5, 0.6) is 5.75 Å². The van der Waals surface area contributed by atoms with Gasteiger partial charge in [0.2, 0.25) is 0 Å². The number of aliphatic hydroxyl groups is 1. The molecule has 7 nitrogen and oxygen atoms in total. The Hall–Kier alpha value is -1.83. The average molecular weight is 447 g/mol. The summed E-state index contributed by atoms with van der Waals surface area (Å²) in [5.41, 5.74) is 1.41. The molecule has 0 aromatic heterocycles. The molecule has 180 valence electrons. The van der Waals surface area contributed by atoms with Crippen molar-refractivity contribution < 1.29 is 14.6 Å². The van der Waals surface area contributed by atoms with Crippen molar-refractivity contribution >= 4 is 5.96 Å². The number of hydrogen-bond acceptors (Lipinski definition) is 5. The number of ether oxygens (including phenoxy) is 2. The van der Waals surface area contributed by atoms with E-state index in [0.29, 0.717) is 0 Å². The average Bonchev–Trinajstić information content (AvgIpc) is 2.84. The lowest BCUT2D eigenvalue weighted by molar-refractivity contribution is 0.0170. The number of hydrogen-bond donors (Lipinski definition) is 3.